The van der Waals surface area contributed by atoms with E-state index in [4.69, 9.17) is 9.15 Å². The van der Waals surface area contributed by atoms with Crippen molar-refractivity contribution in [3.8, 4) is 17.1 Å². The highest BCUT2D eigenvalue weighted by Gasteiger charge is 2.18. The molecule has 1 atom stereocenters. The SMILES string of the molecule is COc1ccccc1-c1ccc(/C=C(/NC(=O)c2ccccc2)C(=O)Nc2ccc(S[C@@H](C)C(=O)Nc3nccs3)cc2)o1. The first kappa shape index (κ1) is 30.3. The van der Waals surface area contributed by atoms with Crippen LogP contribution in [0, 0.1) is 0 Å². The molecule has 11 heteroatoms. The molecule has 0 fully saturated rings. The molecule has 0 bridgehead atoms. The van der Waals surface area contributed by atoms with Crippen molar-refractivity contribution in [1.82, 2.24) is 10.3 Å². The quantitative estimate of drug-likeness (QED) is 0.107. The third-order valence-electron chi connectivity index (χ3n) is 6.27. The number of hydrogen-bond donors (Lipinski definition) is 3. The molecule has 0 aliphatic rings. The number of thiazole rings is 1. The lowest BCUT2D eigenvalue weighted by Gasteiger charge is -2.13. The van der Waals surface area contributed by atoms with Crippen LogP contribution in [0.4, 0.5) is 10.8 Å². The number of nitrogens with zero attached hydrogens (tertiary/aromatic N) is 1. The summed E-state index contributed by atoms with van der Waals surface area (Å²) in [6.07, 6.45) is 3.11. The lowest BCUT2D eigenvalue weighted by atomic mass is 10.1. The lowest BCUT2D eigenvalue weighted by molar-refractivity contribution is -0.115. The summed E-state index contributed by atoms with van der Waals surface area (Å²) in [5.41, 5.74) is 1.65. The molecular weight excluding hydrogens is 597 g/mol. The van der Waals surface area contributed by atoms with Crippen molar-refractivity contribution in [3.63, 3.8) is 0 Å². The average Bonchev–Trinajstić information content (AvgIpc) is 3.74. The fourth-order valence-electron chi connectivity index (χ4n) is 4.07. The van der Waals surface area contributed by atoms with Crippen LogP contribution in [0.1, 0.15) is 23.0 Å². The molecule has 222 valence electrons. The molecule has 2 aromatic heterocycles. The van der Waals surface area contributed by atoms with E-state index in [1.54, 1.807) is 73.3 Å². The van der Waals surface area contributed by atoms with Gasteiger partial charge in [0.1, 0.15) is 23.0 Å². The van der Waals surface area contributed by atoms with Gasteiger partial charge in [0.2, 0.25) is 5.91 Å². The summed E-state index contributed by atoms with van der Waals surface area (Å²) in [4.78, 5) is 43.8. The number of carbonyl (C=O) groups excluding carboxylic acids is 3. The van der Waals surface area contributed by atoms with Crippen LogP contribution in [0.5, 0.6) is 5.75 Å². The van der Waals surface area contributed by atoms with Crippen LogP contribution >= 0.6 is 23.1 Å². The van der Waals surface area contributed by atoms with Gasteiger partial charge in [-0.3, -0.25) is 14.4 Å². The number of rotatable bonds is 11. The normalized spacial score (nSPS) is 11.8. The van der Waals surface area contributed by atoms with Gasteiger partial charge in [-0.05, 0) is 67.6 Å². The summed E-state index contributed by atoms with van der Waals surface area (Å²) in [6.45, 7) is 1.81. The molecule has 3 amide bonds. The number of methoxy groups -OCH3 is 1. The Morgan fingerprint density at radius 2 is 1.68 bits per heavy atom. The summed E-state index contributed by atoms with van der Waals surface area (Å²) in [5.74, 6) is 0.412. The van der Waals surface area contributed by atoms with Gasteiger partial charge < -0.3 is 25.1 Å². The maximum atomic E-state index is 13.4. The molecule has 0 unspecified atom stereocenters. The third-order valence-corrected chi connectivity index (χ3v) is 8.07. The molecule has 9 nitrogen and oxygen atoms in total. The zero-order valence-corrected chi connectivity index (χ0v) is 25.4. The number of nitrogens with one attached hydrogen (secondary N) is 3. The number of aromatic nitrogens is 1. The van der Waals surface area contributed by atoms with Gasteiger partial charge in [0, 0.05) is 33.8 Å². The molecule has 3 aromatic carbocycles. The van der Waals surface area contributed by atoms with Crippen LogP contribution < -0.4 is 20.7 Å². The van der Waals surface area contributed by atoms with Crippen LogP contribution in [0.25, 0.3) is 17.4 Å². The highest BCUT2D eigenvalue weighted by Crippen LogP contribution is 2.31. The highest BCUT2D eigenvalue weighted by atomic mass is 32.2. The number of hydrogen-bond acceptors (Lipinski definition) is 8. The Morgan fingerprint density at radius 1 is 0.932 bits per heavy atom. The zero-order valence-electron chi connectivity index (χ0n) is 23.8. The largest absolute Gasteiger partial charge is 0.496 e. The van der Waals surface area contributed by atoms with Gasteiger partial charge in [-0.2, -0.15) is 0 Å². The van der Waals surface area contributed by atoms with E-state index in [9.17, 15) is 14.4 Å². The van der Waals surface area contributed by atoms with Crippen LogP contribution in [0.15, 0.2) is 118 Å². The second kappa shape index (κ2) is 14.4. The number of amides is 3. The molecule has 0 saturated heterocycles. The summed E-state index contributed by atoms with van der Waals surface area (Å²) >= 11 is 2.74. The number of benzene rings is 3. The molecular formula is C33H28N4O5S2. The number of ether oxygens (including phenoxy) is 1. The molecule has 2 heterocycles. The van der Waals surface area contributed by atoms with E-state index in [2.05, 4.69) is 20.9 Å². The number of anilines is 2. The van der Waals surface area contributed by atoms with Crippen LogP contribution in [-0.2, 0) is 9.59 Å². The number of para-hydroxylation sites is 1. The van der Waals surface area contributed by atoms with Gasteiger partial charge in [0.05, 0.1) is 17.9 Å². The van der Waals surface area contributed by atoms with E-state index in [-0.39, 0.29) is 16.9 Å². The molecule has 5 aromatic rings. The predicted molar refractivity (Wildman–Crippen MR) is 174 cm³/mol. The Balaban J connectivity index is 1.31. The summed E-state index contributed by atoms with van der Waals surface area (Å²) in [5, 5.41) is 10.3. The van der Waals surface area contributed by atoms with Gasteiger partial charge in [-0.1, -0.05) is 30.3 Å². The second-order valence-corrected chi connectivity index (χ2v) is 11.7. The first-order valence-corrected chi connectivity index (χ1v) is 15.3. The van der Waals surface area contributed by atoms with Crippen molar-refractivity contribution in [2.45, 2.75) is 17.1 Å². The van der Waals surface area contributed by atoms with Gasteiger partial charge >= 0.3 is 0 Å². The number of carbonyl (C=O) groups is 3. The summed E-state index contributed by atoms with van der Waals surface area (Å²) in [6, 6.07) is 26.6. The highest BCUT2D eigenvalue weighted by molar-refractivity contribution is 8.00. The van der Waals surface area contributed by atoms with E-state index in [1.807, 2.05) is 43.3 Å². The predicted octanol–water partition coefficient (Wildman–Crippen LogP) is 6.94. The molecule has 5 rings (SSSR count). The number of furan rings is 1. The van der Waals surface area contributed by atoms with Crippen LogP contribution in [0.3, 0.4) is 0 Å². The maximum Gasteiger partial charge on any atom is 0.272 e. The summed E-state index contributed by atoms with van der Waals surface area (Å²) in [7, 11) is 1.58. The minimum atomic E-state index is -0.541. The molecule has 3 N–H and O–H groups in total. The van der Waals surface area contributed by atoms with Crippen molar-refractivity contribution < 1.29 is 23.5 Å². The van der Waals surface area contributed by atoms with Crippen molar-refractivity contribution in [1.29, 1.82) is 0 Å². The Hall–Kier alpha value is -5.13. The lowest BCUT2D eigenvalue weighted by Crippen LogP contribution is -2.30. The van der Waals surface area contributed by atoms with Crippen LogP contribution in [0.2, 0.25) is 0 Å². The van der Waals surface area contributed by atoms with E-state index in [1.165, 1.54) is 29.2 Å². The van der Waals surface area contributed by atoms with Gasteiger partial charge in [0.25, 0.3) is 11.8 Å². The fraction of sp³-hybridized carbons (Fsp3) is 0.0909. The van der Waals surface area contributed by atoms with Gasteiger partial charge in [-0.25, -0.2) is 4.98 Å². The topological polar surface area (TPSA) is 123 Å². The smallest absolute Gasteiger partial charge is 0.272 e. The van der Waals surface area contributed by atoms with Gasteiger partial charge in [-0.15, -0.1) is 23.1 Å². The van der Waals surface area contributed by atoms with Gasteiger partial charge in [0.15, 0.2) is 5.13 Å². The third kappa shape index (κ3) is 7.82. The maximum absolute atomic E-state index is 13.4. The Bertz CT molecular complexity index is 1770. The average molecular weight is 625 g/mol. The standard InChI is InChI=1S/C33H28N4O5S2/c1-21(30(38)37-33-34-18-19-43-33)44-25-15-12-23(13-16-25)35-32(40)27(36-31(39)22-8-4-3-5-9-22)20-24-14-17-29(42-24)26-10-6-7-11-28(26)41-2/h3-21H,1-2H3,(H,35,40)(H,36,39)(H,34,37,38)/b27-20+/t21-/m0/s1. The molecule has 0 aliphatic carbocycles. The van der Waals surface area contributed by atoms with Crippen molar-refractivity contribution in [2.75, 3.05) is 17.7 Å². The first-order valence-electron chi connectivity index (χ1n) is 13.5. The summed E-state index contributed by atoms with van der Waals surface area (Å²) < 4.78 is 11.4. The van der Waals surface area contributed by atoms with E-state index >= 15 is 0 Å². The van der Waals surface area contributed by atoms with Crippen LogP contribution in [-0.4, -0.2) is 35.1 Å². The van der Waals surface area contributed by atoms with Crippen molar-refractivity contribution in [3.05, 3.63) is 120 Å². The molecule has 44 heavy (non-hydrogen) atoms. The molecule has 0 spiro atoms. The Morgan fingerprint density at radius 3 is 2.41 bits per heavy atom. The Kier molecular flexibility index (Phi) is 9.90. The van der Waals surface area contributed by atoms with Crippen molar-refractivity contribution >= 4 is 57.7 Å². The molecule has 0 radical (unpaired) electrons. The second-order valence-electron chi connectivity index (χ2n) is 9.35. The first-order chi connectivity index (χ1) is 21.4. The van der Waals surface area contributed by atoms with E-state index in [0.717, 1.165) is 10.5 Å². The zero-order chi connectivity index (χ0) is 30.9. The van der Waals surface area contributed by atoms with E-state index < -0.39 is 11.8 Å². The minimum absolute atomic E-state index is 0.00860. The molecule has 0 aliphatic heterocycles. The fourth-order valence-corrected chi connectivity index (χ4v) is 5.47. The monoisotopic (exact) mass is 624 g/mol. The van der Waals surface area contributed by atoms with E-state index in [0.29, 0.717) is 33.7 Å². The molecule has 0 saturated carbocycles. The minimum Gasteiger partial charge on any atom is -0.496 e. The van der Waals surface area contributed by atoms with Crippen molar-refractivity contribution in [2.24, 2.45) is 0 Å². The Labute approximate surface area is 262 Å². The number of thioether (sulfide) groups is 1.